The van der Waals surface area contributed by atoms with Gasteiger partial charge in [0.15, 0.2) is 0 Å². The van der Waals surface area contributed by atoms with E-state index in [2.05, 4.69) is 4.98 Å². The van der Waals surface area contributed by atoms with Crippen molar-refractivity contribution in [2.24, 2.45) is 7.05 Å². The van der Waals surface area contributed by atoms with Crippen LogP contribution in [-0.2, 0) is 7.05 Å². The van der Waals surface area contributed by atoms with Gasteiger partial charge in [-0.1, -0.05) is 0 Å². The predicted octanol–water partition coefficient (Wildman–Crippen LogP) is 1.22. The number of nitrogen functional groups attached to an aromatic ring is 1. The van der Waals surface area contributed by atoms with Crippen molar-refractivity contribution in [1.29, 1.82) is 0 Å². The van der Waals surface area contributed by atoms with Crippen LogP contribution in [0.15, 0.2) is 6.33 Å². The number of nitrogens with two attached hydrogens (primary N) is 1. The lowest BCUT2D eigenvalue weighted by Gasteiger charge is -2.05. The van der Waals surface area contributed by atoms with Gasteiger partial charge >= 0.3 is 0 Å². The van der Waals surface area contributed by atoms with Gasteiger partial charge < -0.3 is 10.3 Å². The molecule has 1 aromatic heterocycles. The molecule has 1 unspecified atom stereocenters. The second-order valence-electron chi connectivity index (χ2n) is 3.19. The molecule has 0 radical (unpaired) electrons. The molecule has 0 aliphatic carbocycles. The standard InChI is InChI=1S/C8H13N3S/c1-11-5-10-7(8(11)9)6-2-3-12-4-6/h5-6H,2-4,9H2,1H3. The number of nitrogens with zero attached hydrogens (tertiary/aromatic N) is 2. The number of aryl methyl sites for hydroxylation is 1. The zero-order valence-electron chi connectivity index (χ0n) is 7.16. The van der Waals surface area contributed by atoms with E-state index < -0.39 is 0 Å². The van der Waals surface area contributed by atoms with Crippen molar-refractivity contribution in [1.82, 2.24) is 9.55 Å². The van der Waals surface area contributed by atoms with E-state index in [0.29, 0.717) is 5.92 Å². The molecule has 1 aliphatic heterocycles. The Hall–Kier alpha value is -0.640. The van der Waals surface area contributed by atoms with Gasteiger partial charge in [-0.25, -0.2) is 4.98 Å². The number of anilines is 1. The summed E-state index contributed by atoms with van der Waals surface area (Å²) in [5, 5.41) is 0. The average molecular weight is 183 g/mol. The monoisotopic (exact) mass is 183 g/mol. The van der Waals surface area contributed by atoms with Crippen molar-refractivity contribution < 1.29 is 0 Å². The molecule has 0 saturated carbocycles. The highest BCUT2D eigenvalue weighted by Gasteiger charge is 2.22. The number of thioether (sulfide) groups is 1. The predicted molar refractivity (Wildman–Crippen MR) is 52.3 cm³/mol. The summed E-state index contributed by atoms with van der Waals surface area (Å²) >= 11 is 1.99. The molecule has 1 atom stereocenters. The Morgan fingerprint density at radius 3 is 3.08 bits per heavy atom. The number of hydrogen-bond donors (Lipinski definition) is 1. The van der Waals surface area contributed by atoms with Gasteiger partial charge in [0.05, 0.1) is 12.0 Å². The van der Waals surface area contributed by atoms with Crippen molar-refractivity contribution in [2.45, 2.75) is 12.3 Å². The topological polar surface area (TPSA) is 43.8 Å². The number of imidazole rings is 1. The van der Waals surface area contributed by atoms with Gasteiger partial charge in [-0.3, -0.25) is 0 Å². The van der Waals surface area contributed by atoms with E-state index in [9.17, 15) is 0 Å². The summed E-state index contributed by atoms with van der Waals surface area (Å²) in [5.74, 6) is 3.86. The molecule has 1 fully saturated rings. The third kappa shape index (κ3) is 1.20. The quantitative estimate of drug-likeness (QED) is 0.712. The first kappa shape index (κ1) is 7.98. The van der Waals surface area contributed by atoms with Crippen LogP contribution in [0.4, 0.5) is 5.82 Å². The fraction of sp³-hybridized carbons (Fsp3) is 0.625. The largest absolute Gasteiger partial charge is 0.384 e. The minimum absolute atomic E-state index is 0.594. The van der Waals surface area contributed by atoms with E-state index in [1.54, 1.807) is 6.33 Å². The van der Waals surface area contributed by atoms with E-state index in [1.807, 2.05) is 23.4 Å². The van der Waals surface area contributed by atoms with Crippen molar-refractivity contribution in [3.05, 3.63) is 12.0 Å². The Balaban J connectivity index is 2.26. The lowest BCUT2D eigenvalue weighted by Crippen LogP contribution is -2.03. The molecule has 2 rings (SSSR count). The Labute approximate surface area is 76.4 Å². The average Bonchev–Trinajstić information content (AvgIpc) is 2.64. The molecular formula is C8H13N3S. The minimum Gasteiger partial charge on any atom is -0.384 e. The van der Waals surface area contributed by atoms with E-state index in [0.717, 1.165) is 11.5 Å². The summed E-state index contributed by atoms with van der Waals surface area (Å²) in [5.41, 5.74) is 6.97. The van der Waals surface area contributed by atoms with Gasteiger partial charge in [0.1, 0.15) is 5.82 Å². The Morgan fingerprint density at radius 1 is 1.75 bits per heavy atom. The maximum atomic E-state index is 5.87. The summed E-state index contributed by atoms with van der Waals surface area (Å²) in [6.07, 6.45) is 3.03. The highest BCUT2D eigenvalue weighted by Crippen LogP contribution is 2.33. The number of aromatic nitrogens is 2. The third-order valence-corrected chi connectivity index (χ3v) is 3.49. The molecule has 0 aromatic carbocycles. The van der Waals surface area contributed by atoms with Crippen molar-refractivity contribution in [2.75, 3.05) is 17.2 Å². The first-order valence-electron chi connectivity index (χ1n) is 4.13. The molecule has 0 bridgehead atoms. The molecule has 3 nitrogen and oxygen atoms in total. The van der Waals surface area contributed by atoms with Gasteiger partial charge in [-0.15, -0.1) is 0 Å². The smallest absolute Gasteiger partial charge is 0.126 e. The van der Waals surface area contributed by atoms with Crippen LogP contribution >= 0.6 is 11.8 Å². The summed E-state index contributed by atoms with van der Waals surface area (Å²) in [6.45, 7) is 0. The van der Waals surface area contributed by atoms with Crippen LogP contribution in [-0.4, -0.2) is 21.1 Å². The number of rotatable bonds is 1. The van der Waals surface area contributed by atoms with Crippen LogP contribution in [0.25, 0.3) is 0 Å². The molecule has 12 heavy (non-hydrogen) atoms. The van der Waals surface area contributed by atoms with E-state index in [1.165, 1.54) is 17.9 Å². The molecule has 2 heterocycles. The number of hydrogen-bond acceptors (Lipinski definition) is 3. The maximum Gasteiger partial charge on any atom is 0.126 e. The Kier molecular flexibility index (Phi) is 2.00. The molecule has 1 aliphatic rings. The van der Waals surface area contributed by atoms with Crippen molar-refractivity contribution >= 4 is 17.6 Å². The molecule has 2 N–H and O–H groups in total. The molecule has 0 amide bonds. The minimum atomic E-state index is 0.594. The molecule has 4 heteroatoms. The first-order chi connectivity index (χ1) is 5.79. The van der Waals surface area contributed by atoms with Crippen LogP contribution < -0.4 is 5.73 Å². The highest BCUT2D eigenvalue weighted by molar-refractivity contribution is 7.99. The van der Waals surface area contributed by atoms with Gasteiger partial charge in [-0.2, -0.15) is 11.8 Å². The highest BCUT2D eigenvalue weighted by atomic mass is 32.2. The lowest BCUT2D eigenvalue weighted by molar-refractivity contribution is 0.760. The first-order valence-corrected chi connectivity index (χ1v) is 5.29. The molecular weight excluding hydrogens is 170 g/mol. The van der Waals surface area contributed by atoms with E-state index >= 15 is 0 Å². The fourth-order valence-corrected chi connectivity index (χ4v) is 2.75. The van der Waals surface area contributed by atoms with Gasteiger partial charge in [0.25, 0.3) is 0 Å². The van der Waals surface area contributed by atoms with Crippen LogP contribution in [0.3, 0.4) is 0 Å². The summed E-state index contributed by atoms with van der Waals surface area (Å²) < 4.78 is 1.89. The van der Waals surface area contributed by atoms with E-state index in [4.69, 9.17) is 5.73 Å². The Bertz CT molecular complexity index is 276. The fourth-order valence-electron chi connectivity index (χ4n) is 1.52. The van der Waals surface area contributed by atoms with Crippen LogP contribution in [0.1, 0.15) is 18.0 Å². The van der Waals surface area contributed by atoms with Gasteiger partial charge in [0, 0.05) is 18.7 Å². The molecule has 1 aromatic rings. The summed E-state index contributed by atoms with van der Waals surface area (Å²) in [6, 6.07) is 0. The SMILES string of the molecule is Cn1cnc(C2CCSC2)c1N. The van der Waals surface area contributed by atoms with Crippen LogP contribution in [0.2, 0.25) is 0 Å². The third-order valence-electron chi connectivity index (χ3n) is 2.33. The van der Waals surface area contributed by atoms with Gasteiger partial charge in [0.2, 0.25) is 0 Å². The van der Waals surface area contributed by atoms with Crippen LogP contribution in [0, 0.1) is 0 Å². The summed E-state index contributed by atoms with van der Waals surface area (Å²) in [4.78, 5) is 4.32. The second-order valence-corrected chi connectivity index (χ2v) is 4.34. The maximum absolute atomic E-state index is 5.87. The van der Waals surface area contributed by atoms with E-state index in [-0.39, 0.29) is 0 Å². The van der Waals surface area contributed by atoms with Crippen LogP contribution in [0.5, 0.6) is 0 Å². The Morgan fingerprint density at radius 2 is 2.58 bits per heavy atom. The molecule has 1 saturated heterocycles. The van der Waals surface area contributed by atoms with Crippen molar-refractivity contribution in [3.63, 3.8) is 0 Å². The molecule has 66 valence electrons. The second kappa shape index (κ2) is 3.01. The lowest BCUT2D eigenvalue weighted by atomic mass is 10.1. The van der Waals surface area contributed by atoms with Gasteiger partial charge in [-0.05, 0) is 12.2 Å². The van der Waals surface area contributed by atoms with Crippen molar-refractivity contribution in [3.8, 4) is 0 Å². The molecule has 0 spiro atoms. The zero-order valence-corrected chi connectivity index (χ0v) is 7.97. The zero-order chi connectivity index (χ0) is 8.55. The summed E-state index contributed by atoms with van der Waals surface area (Å²) in [7, 11) is 1.94. The normalized spacial score (nSPS) is 23.2.